The molecule has 0 atom stereocenters. The molecular weight excluding hydrogens is 568 g/mol. The molecule has 1 N–H and O–H groups in total. The van der Waals surface area contributed by atoms with Crippen LogP contribution in [0.5, 0.6) is 11.5 Å². The molecule has 4 rings (SSSR count). The molecule has 5 nitrogen and oxygen atoms in total. The Labute approximate surface area is 213 Å². The first-order chi connectivity index (χ1) is 16.0. The minimum Gasteiger partial charge on any atom is -0.503 e. The molecule has 1 saturated heterocycles. The van der Waals surface area contributed by atoms with Crippen LogP contribution in [-0.4, -0.2) is 28.2 Å². The summed E-state index contributed by atoms with van der Waals surface area (Å²) in [6.07, 6.45) is 1.78. The number of nitrogens with zero attached hydrogens (tertiary/aromatic N) is 2. The zero-order chi connectivity index (χ0) is 23.4. The minimum absolute atomic E-state index is 0.00672. The highest BCUT2D eigenvalue weighted by Gasteiger charge is 2.33. The van der Waals surface area contributed by atoms with E-state index in [2.05, 4.69) is 31.9 Å². The summed E-state index contributed by atoms with van der Waals surface area (Å²) in [7, 11) is 1.48. The highest BCUT2D eigenvalue weighted by molar-refractivity contribution is 9.13. The Kier molecular flexibility index (Phi) is 7.57. The number of ether oxygens (including phenoxy) is 1. The molecule has 168 valence electrons. The molecule has 1 heterocycles. The Morgan fingerprint density at radius 2 is 1.67 bits per heavy atom. The Bertz CT molecular complexity index is 1230. The van der Waals surface area contributed by atoms with Crippen molar-refractivity contribution in [2.45, 2.75) is 13.1 Å². The zero-order valence-electron chi connectivity index (χ0n) is 17.7. The van der Waals surface area contributed by atoms with Gasteiger partial charge in [-0.25, -0.2) is 0 Å². The summed E-state index contributed by atoms with van der Waals surface area (Å²) in [5, 5.41) is 10.9. The zero-order valence-corrected chi connectivity index (χ0v) is 21.7. The Hall–Kier alpha value is -2.55. The third-order valence-electron chi connectivity index (χ3n) is 4.99. The van der Waals surface area contributed by atoms with Crippen molar-refractivity contribution in [1.29, 1.82) is 0 Å². The molecule has 1 aliphatic rings. The molecule has 0 aromatic heterocycles. The third kappa shape index (κ3) is 5.34. The maximum absolute atomic E-state index is 13.4. The van der Waals surface area contributed by atoms with Crippen LogP contribution in [0.4, 0.5) is 0 Å². The second-order valence-corrected chi connectivity index (χ2v) is 9.81. The molecule has 0 unspecified atom stereocenters. The van der Waals surface area contributed by atoms with E-state index in [1.807, 2.05) is 60.7 Å². The van der Waals surface area contributed by atoms with Gasteiger partial charge in [-0.2, -0.15) is 0 Å². The third-order valence-corrected chi connectivity index (χ3v) is 8.19. The van der Waals surface area contributed by atoms with Crippen molar-refractivity contribution in [2.75, 3.05) is 7.11 Å². The van der Waals surface area contributed by atoms with Gasteiger partial charge in [0.15, 0.2) is 16.7 Å². The maximum Gasteiger partial charge on any atom is 0.267 e. The minimum atomic E-state index is -0.120. The van der Waals surface area contributed by atoms with Crippen molar-refractivity contribution >= 4 is 60.8 Å². The van der Waals surface area contributed by atoms with Gasteiger partial charge < -0.3 is 9.84 Å². The number of rotatable bonds is 6. The van der Waals surface area contributed by atoms with E-state index in [9.17, 15) is 9.90 Å². The number of aromatic hydroxyl groups is 1. The van der Waals surface area contributed by atoms with E-state index in [1.165, 1.54) is 18.9 Å². The monoisotopic (exact) mass is 586 g/mol. The maximum atomic E-state index is 13.4. The number of hydrogen-bond donors (Lipinski definition) is 1. The number of amidine groups is 1. The average Bonchev–Trinajstić information content (AvgIpc) is 3.13. The van der Waals surface area contributed by atoms with Crippen LogP contribution in [0.15, 0.2) is 85.6 Å². The molecule has 0 radical (unpaired) electrons. The van der Waals surface area contributed by atoms with Crippen molar-refractivity contribution in [3.05, 3.63) is 97.3 Å². The average molecular weight is 588 g/mol. The smallest absolute Gasteiger partial charge is 0.267 e. The van der Waals surface area contributed by atoms with Crippen molar-refractivity contribution in [3.63, 3.8) is 0 Å². The summed E-state index contributed by atoms with van der Waals surface area (Å²) in [5.41, 5.74) is 2.80. The molecular formula is C25H20Br2N2O3S. The normalized spacial score (nSPS) is 16.1. The quantitative estimate of drug-likeness (QED) is 0.330. The van der Waals surface area contributed by atoms with Crippen LogP contribution in [0.1, 0.15) is 16.7 Å². The van der Waals surface area contributed by atoms with E-state index >= 15 is 0 Å². The molecule has 0 spiro atoms. The number of methoxy groups -OCH3 is 1. The topological polar surface area (TPSA) is 62.1 Å². The lowest BCUT2D eigenvalue weighted by Gasteiger charge is -2.15. The Morgan fingerprint density at radius 3 is 2.30 bits per heavy atom. The molecule has 0 bridgehead atoms. The van der Waals surface area contributed by atoms with E-state index < -0.39 is 0 Å². The van der Waals surface area contributed by atoms with Gasteiger partial charge in [0, 0.05) is 4.47 Å². The second-order valence-electron chi connectivity index (χ2n) is 7.22. The number of hydrogen-bond acceptors (Lipinski definition) is 5. The number of carbonyl (C=O) groups is 1. The van der Waals surface area contributed by atoms with Crippen molar-refractivity contribution in [3.8, 4) is 11.5 Å². The molecule has 8 heteroatoms. The first-order valence-electron chi connectivity index (χ1n) is 10.1. The number of benzene rings is 3. The van der Waals surface area contributed by atoms with Gasteiger partial charge in [0.05, 0.1) is 29.6 Å². The van der Waals surface area contributed by atoms with Crippen LogP contribution in [0, 0.1) is 0 Å². The van der Waals surface area contributed by atoms with Crippen molar-refractivity contribution in [1.82, 2.24) is 4.90 Å². The van der Waals surface area contributed by atoms with Gasteiger partial charge in [0.1, 0.15) is 0 Å². The van der Waals surface area contributed by atoms with Gasteiger partial charge in [0.25, 0.3) is 5.91 Å². The SMILES string of the molecule is COc1cc(C=C2SC(=NCc3ccccc3)N(Cc3ccccc3)C2=O)c(Br)c(Br)c1O. The summed E-state index contributed by atoms with van der Waals surface area (Å²) >= 11 is 8.21. The van der Waals surface area contributed by atoms with Gasteiger partial charge in [-0.15, -0.1) is 0 Å². The molecule has 33 heavy (non-hydrogen) atoms. The van der Waals surface area contributed by atoms with Crippen LogP contribution in [-0.2, 0) is 17.9 Å². The number of phenols is 1. The van der Waals surface area contributed by atoms with Crippen LogP contribution >= 0.6 is 43.6 Å². The van der Waals surface area contributed by atoms with E-state index in [0.717, 1.165) is 11.1 Å². The number of aliphatic imine (C=N–C) groups is 1. The summed E-state index contributed by atoms with van der Waals surface area (Å²) in [4.78, 5) is 20.4. The molecule has 0 aliphatic carbocycles. The fourth-order valence-corrected chi connectivity index (χ4v) is 5.10. The molecule has 1 fully saturated rings. The van der Waals surface area contributed by atoms with Crippen molar-refractivity contribution in [2.24, 2.45) is 4.99 Å². The van der Waals surface area contributed by atoms with Gasteiger partial charge in [-0.1, -0.05) is 60.7 Å². The Balaban J connectivity index is 1.70. The predicted octanol–water partition coefficient (Wildman–Crippen LogP) is 6.60. The molecule has 3 aromatic rings. The lowest BCUT2D eigenvalue weighted by molar-refractivity contribution is -0.122. The number of phenolic OH excluding ortho intramolecular Hbond substituents is 1. The highest BCUT2D eigenvalue weighted by atomic mass is 79.9. The number of amides is 1. The van der Waals surface area contributed by atoms with E-state index in [4.69, 9.17) is 9.73 Å². The van der Waals surface area contributed by atoms with E-state index in [0.29, 0.717) is 43.4 Å². The summed E-state index contributed by atoms with van der Waals surface area (Å²) in [6, 6.07) is 21.5. The Morgan fingerprint density at radius 1 is 1.03 bits per heavy atom. The number of halogens is 2. The standard InChI is InChI=1S/C25H20Br2N2O3S/c1-32-19-12-18(21(26)22(27)23(19)30)13-20-24(31)29(15-17-10-6-3-7-11-17)25(33-20)28-14-16-8-4-2-5-9-16/h2-13,30H,14-15H2,1H3. The van der Waals surface area contributed by atoms with Crippen LogP contribution in [0.2, 0.25) is 0 Å². The first-order valence-corrected chi connectivity index (χ1v) is 12.5. The van der Waals surface area contributed by atoms with Gasteiger partial charge in [-0.05, 0) is 72.5 Å². The fraction of sp³-hybridized carbons (Fsp3) is 0.120. The molecule has 1 aliphatic heterocycles. The fourth-order valence-electron chi connectivity index (χ4n) is 3.29. The lowest BCUT2D eigenvalue weighted by atomic mass is 10.1. The first kappa shape index (κ1) is 23.6. The number of thioether (sulfide) groups is 1. The summed E-state index contributed by atoms with van der Waals surface area (Å²) < 4.78 is 6.36. The van der Waals surface area contributed by atoms with E-state index in [-0.39, 0.29) is 11.7 Å². The second kappa shape index (κ2) is 10.6. The largest absolute Gasteiger partial charge is 0.503 e. The lowest BCUT2D eigenvalue weighted by Crippen LogP contribution is -2.28. The molecule has 1 amide bonds. The van der Waals surface area contributed by atoms with Crippen LogP contribution in [0.3, 0.4) is 0 Å². The highest BCUT2D eigenvalue weighted by Crippen LogP contribution is 2.43. The summed E-state index contributed by atoms with van der Waals surface area (Å²) in [5.74, 6) is 0.185. The predicted molar refractivity (Wildman–Crippen MR) is 140 cm³/mol. The van der Waals surface area contributed by atoms with E-state index in [1.54, 1.807) is 17.0 Å². The number of carbonyl (C=O) groups excluding carboxylic acids is 1. The van der Waals surface area contributed by atoms with Crippen molar-refractivity contribution < 1.29 is 14.6 Å². The summed E-state index contributed by atoms with van der Waals surface area (Å²) in [6.45, 7) is 0.915. The van der Waals surface area contributed by atoms with Gasteiger partial charge in [-0.3, -0.25) is 14.7 Å². The van der Waals surface area contributed by atoms with Crippen LogP contribution < -0.4 is 4.74 Å². The van der Waals surface area contributed by atoms with Gasteiger partial charge in [0.2, 0.25) is 0 Å². The van der Waals surface area contributed by atoms with Gasteiger partial charge >= 0.3 is 0 Å². The molecule has 3 aromatic carbocycles. The van der Waals surface area contributed by atoms with Crippen LogP contribution in [0.25, 0.3) is 6.08 Å². The molecule has 0 saturated carbocycles.